The van der Waals surface area contributed by atoms with Gasteiger partial charge >= 0.3 is 5.97 Å². The molecule has 0 spiro atoms. The molecule has 0 fully saturated rings. The van der Waals surface area contributed by atoms with Crippen molar-refractivity contribution in [3.05, 3.63) is 101 Å². The van der Waals surface area contributed by atoms with Crippen LogP contribution in [0.4, 0.5) is 0 Å². The van der Waals surface area contributed by atoms with Gasteiger partial charge in [-0.05, 0) is 34.9 Å². The molecule has 5 heteroatoms. The summed E-state index contributed by atoms with van der Waals surface area (Å²) >= 11 is 0. The van der Waals surface area contributed by atoms with Gasteiger partial charge in [-0.3, -0.25) is 9.59 Å². The zero-order chi connectivity index (χ0) is 20.4. The number of rotatable bonds is 5. The zero-order valence-corrected chi connectivity index (χ0v) is 16.0. The molecule has 0 aliphatic carbocycles. The molecule has 3 aromatic rings. The highest BCUT2D eigenvalue weighted by molar-refractivity contribution is 6.00. The van der Waals surface area contributed by atoms with Gasteiger partial charge in [-0.2, -0.15) is 0 Å². The molecule has 5 nitrogen and oxygen atoms in total. The minimum absolute atomic E-state index is 0.164. The second-order valence-electron chi connectivity index (χ2n) is 7.04. The Balaban J connectivity index is 1.87. The number of carbonyl (C=O) groups excluding carboxylic acids is 1. The fourth-order valence-electron chi connectivity index (χ4n) is 3.99. The summed E-state index contributed by atoms with van der Waals surface area (Å²) in [6.45, 7) is 0.328. The number of aliphatic carboxylic acids is 1. The highest BCUT2D eigenvalue weighted by atomic mass is 16.5. The predicted octanol–water partition coefficient (Wildman–Crippen LogP) is 4.26. The Morgan fingerprint density at radius 2 is 1.62 bits per heavy atom. The Morgan fingerprint density at radius 3 is 2.28 bits per heavy atom. The molecule has 0 saturated heterocycles. The fourth-order valence-corrected chi connectivity index (χ4v) is 3.99. The van der Waals surface area contributed by atoms with Gasteiger partial charge in [0.05, 0.1) is 13.2 Å². The number of hydrogen-bond donors (Lipinski definition) is 1. The third kappa shape index (κ3) is 3.47. The van der Waals surface area contributed by atoms with Gasteiger partial charge in [0.25, 0.3) is 5.91 Å². The van der Waals surface area contributed by atoms with Crippen LogP contribution in [0.15, 0.2) is 78.9 Å². The number of carbonyl (C=O) groups is 2. The highest BCUT2D eigenvalue weighted by Crippen LogP contribution is 2.43. The molecule has 1 aliphatic heterocycles. The van der Waals surface area contributed by atoms with Crippen LogP contribution in [-0.2, 0) is 11.3 Å². The maximum atomic E-state index is 13.4. The summed E-state index contributed by atoms with van der Waals surface area (Å²) in [5.41, 5.74) is 2.70. The van der Waals surface area contributed by atoms with E-state index in [-0.39, 0.29) is 5.91 Å². The highest BCUT2D eigenvalue weighted by Gasteiger charge is 2.44. The summed E-state index contributed by atoms with van der Waals surface area (Å²) in [6, 6.07) is 23.2. The first-order chi connectivity index (χ1) is 14.1. The van der Waals surface area contributed by atoms with Crippen molar-refractivity contribution < 1.29 is 19.4 Å². The van der Waals surface area contributed by atoms with Gasteiger partial charge in [0.15, 0.2) is 0 Å². The first-order valence-corrected chi connectivity index (χ1v) is 9.40. The van der Waals surface area contributed by atoms with Crippen LogP contribution in [0.25, 0.3) is 0 Å². The molecule has 29 heavy (non-hydrogen) atoms. The van der Waals surface area contributed by atoms with E-state index in [0.29, 0.717) is 23.4 Å². The standard InChI is InChI=1S/C24H21NO4/c1-29-18-13-11-17(12-14-18)22-21(24(27)28)19-9-5-6-10-20(19)23(26)25(22)15-16-7-3-2-4-8-16/h2-14,21-22H,15H2,1H3,(H,27,28)/t21-,22-/m1/s1. The molecule has 1 amide bonds. The lowest BCUT2D eigenvalue weighted by Crippen LogP contribution is -2.44. The summed E-state index contributed by atoms with van der Waals surface area (Å²) in [5, 5.41) is 10.1. The van der Waals surface area contributed by atoms with Gasteiger partial charge in [0, 0.05) is 12.1 Å². The van der Waals surface area contributed by atoms with Crippen molar-refractivity contribution in [1.82, 2.24) is 4.90 Å². The van der Waals surface area contributed by atoms with Gasteiger partial charge in [0.1, 0.15) is 11.7 Å². The summed E-state index contributed by atoms with van der Waals surface area (Å²) in [5.74, 6) is -1.30. The van der Waals surface area contributed by atoms with Crippen LogP contribution in [0.1, 0.15) is 39.0 Å². The van der Waals surface area contributed by atoms with Crippen LogP contribution in [0.5, 0.6) is 5.75 Å². The number of hydrogen-bond acceptors (Lipinski definition) is 3. The van der Waals surface area contributed by atoms with Crippen LogP contribution in [-0.4, -0.2) is 29.0 Å². The number of carboxylic acids is 1. The third-order valence-electron chi connectivity index (χ3n) is 5.36. The third-order valence-corrected chi connectivity index (χ3v) is 5.36. The largest absolute Gasteiger partial charge is 0.497 e. The van der Waals surface area contributed by atoms with Crippen molar-refractivity contribution in [3.8, 4) is 5.75 Å². The number of fused-ring (bicyclic) bond motifs is 1. The van der Waals surface area contributed by atoms with Crippen molar-refractivity contribution in [1.29, 1.82) is 0 Å². The Hall–Kier alpha value is -3.60. The first-order valence-electron chi connectivity index (χ1n) is 9.40. The smallest absolute Gasteiger partial charge is 0.313 e. The zero-order valence-electron chi connectivity index (χ0n) is 16.0. The number of carboxylic acid groups (broad SMARTS) is 1. The maximum absolute atomic E-state index is 13.4. The van der Waals surface area contributed by atoms with Crippen molar-refractivity contribution >= 4 is 11.9 Å². The second kappa shape index (κ2) is 7.80. The van der Waals surface area contributed by atoms with E-state index in [2.05, 4.69) is 0 Å². The van der Waals surface area contributed by atoms with E-state index in [1.807, 2.05) is 42.5 Å². The first kappa shape index (κ1) is 18.7. The van der Waals surface area contributed by atoms with E-state index in [4.69, 9.17) is 4.74 Å². The van der Waals surface area contributed by atoms with Crippen LogP contribution >= 0.6 is 0 Å². The lowest BCUT2D eigenvalue weighted by atomic mass is 9.79. The van der Waals surface area contributed by atoms with E-state index >= 15 is 0 Å². The van der Waals surface area contributed by atoms with Gasteiger partial charge in [0.2, 0.25) is 0 Å². The maximum Gasteiger partial charge on any atom is 0.313 e. The van der Waals surface area contributed by atoms with Crippen molar-refractivity contribution in [3.63, 3.8) is 0 Å². The Labute approximate surface area is 169 Å². The van der Waals surface area contributed by atoms with Crippen molar-refractivity contribution in [2.45, 2.75) is 18.5 Å². The van der Waals surface area contributed by atoms with E-state index < -0.39 is 17.9 Å². The molecule has 1 aliphatic rings. The van der Waals surface area contributed by atoms with E-state index in [0.717, 1.165) is 11.1 Å². The van der Waals surface area contributed by atoms with Crippen LogP contribution in [0, 0.1) is 0 Å². The minimum atomic E-state index is -0.955. The van der Waals surface area contributed by atoms with Crippen LogP contribution in [0.3, 0.4) is 0 Å². The second-order valence-corrected chi connectivity index (χ2v) is 7.04. The lowest BCUT2D eigenvalue weighted by Gasteiger charge is -2.41. The minimum Gasteiger partial charge on any atom is -0.497 e. The lowest BCUT2D eigenvalue weighted by molar-refractivity contribution is -0.140. The fraction of sp³-hybridized carbons (Fsp3) is 0.167. The molecular weight excluding hydrogens is 366 g/mol. The van der Waals surface area contributed by atoms with Crippen LogP contribution in [0.2, 0.25) is 0 Å². The number of nitrogens with zero attached hydrogens (tertiary/aromatic N) is 1. The Morgan fingerprint density at radius 1 is 0.966 bits per heavy atom. The molecule has 0 aromatic heterocycles. The Bertz CT molecular complexity index is 1030. The van der Waals surface area contributed by atoms with Crippen LogP contribution < -0.4 is 4.74 Å². The number of ether oxygens (including phenoxy) is 1. The molecule has 1 heterocycles. The monoisotopic (exact) mass is 387 g/mol. The summed E-state index contributed by atoms with van der Waals surface area (Å²) in [6.07, 6.45) is 0. The normalized spacial score (nSPS) is 18.2. The van der Waals surface area contributed by atoms with Gasteiger partial charge < -0.3 is 14.7 Å². The Kier molecular flexibility index (Phi) is 5.04. The van der Waals surface area contributed by atoms with Crippen molar-refractivity contribution in [2.24, 2.45) is 0 Å². The molecule has 0 radical (unpaired) electrons. The molecule has 146 valence electrons. The molecule has 0 saturated carbocycles. The van der Waals surface area contributed by atoms with E-state index in [9.17, 15) is 14.7 Å². The topological polar surface area (TPSA) is 66.8 Å². The average molecular weight is 387 g/mol. The molecule has 2 atom stereocenters. The molecule has 1 N–H and O–H groups in total. The van der Waals surface area contributed by atoms with Gasteiger partial charge in [-0.15, -0.1) is 0 Å². The van der Waals surface area contributed by atoms with Gasteiger partial charge in [-0.25, -0.2) is 0 Å². The van der Waals surface area contributed by atoms with E-state index in [1.54, 1.807) is 48.4 Å². The SMILES string of the molecule is COc1ccc([C@@H]2[C@H](C(=O)O)c3ccccc3C(=O)N2Cc2ccccc2)cc1. The molecule has 0 bridgehead atoms. The average Bonchev–Trinajstić information content (AvgIpc) is 2.76. The number of methoxy groups -OCH3 is 1. The molecule has 0 unspecified atom stereocenters. The summed E-state index contributed by atoms with van der Waals surface area (Å²) in [4.78, 5) is 27.4. The number of amides is 1. The number of benzene rings is 3. The predicted molar refractivity (Wildman–Crippen MR) is 109 cm³/mol. The summed E-state index contributed by atoms with van der Waals surface area (Å²) in [7, 11) is 1.58. The molecule has 3 aromatic carbocycles. The van der Waals surface area contributed by atoms with Crippen molar-refractivity contribution in [2.75, 3.05) is 7.11 Å². The van der Waals surface area contributed by atoms with E-state index in [1.165, 1.54) is 0 Å². The quantitative estimate of drug-likeness (QED) is 0.710. The molecule has 4 rings (SSSR count). The van der Waals surface area contributed by atoms with Gasteiger partial charge in [-0.1, -0.05) is 60.7 Å². The summed E-state index contributed by atoms with van der Waals surface area (Å²) < 4.78 is 5.23. The molecular formula is C24H21NO4.